The van der Waals surface area contributed by atoms with Gasteiger partial charge in [0.15, 0.2) is 5.65 Å². The highest BCUT2D eigenvalue weighted by Gasteiger charge is 2.12. The van der Waals surface area contributed by atoms with E-state index in [9.17, 15) is 4.79 Å². The van der Waals surface area contributed by atoms with E-state index in [4.69, 9.17) is 4.52 Å². The van der Waals surface area contributed by atoms with Gasteiger partial charge in [0.1, 0.15) is 5.69 Å². The van der Waals surface area contributed by atoms with Gasteiger partial charge in [-0.3, -0.25) is 14.9 Å². The number of aromatic amines is 1. The molecule has 0 aliphatic heterocycles. The van der Waals surface area contributed by atoms with Crippen molar-refractivity contribution in [3.05, 3.63) is 48.2 Å². The molecule has 0 aromatic carbocycles. The molecule has 4 rings (SSSR count). The molecule has 0 fully saturated rings. The van der Waals surface area contributed by atoms with E-state index in [0.29, 0.717) is 35.2 Å². The maximum absolute atomic E-state index is 12.2. The third kappa shape index (κ3) is 3.27. The Morgan fingerprint density at radius 3 is 3.08 bits per heavy atom. The molecule has 130 valence electrons. The number of aromatic nitrogens is 6. The minimum atomic E-state index is -0.162. The number of amides is 1. The van der Waals surface area contributed by atoms with Crippen molar-refractivity contribution in [2.45, 2.75) is 19.8 Å². The van der Waals surface area contributed by atoms with Crippen LogP contribution in [0.15, 0.2) is 41.2 Å². The van der Waals surface area contributed by atoms with Crippen LogP contribution in [-0.4, -0.2) is 36.2 Å². The molecule has 0 radical (unpaired) electrons. The van der Waals surface area contributed by atoms with Crippen LogP contribution >= 0.6 is 0 Å². The fraction of sp³-hybridized carbons (Fsp3) is 0.176. The number of rotatable bonds is 5. The monoisotopic (exact) mass is 349 g/mol. The van der Waals surface area contributed by atoms with E-state index in [1.807, 2.05) is 25.1 Å². The number of anilines is 1. The smallest absolute Gasteiger partial charge is 0.227 e. The van der Waals surface area contributed by atoms with Crippen molar-refractivity contribution >= 4 is 22.6 Å². The summed E-state index contributed by atoms with van der Waals surface area (Å²) < 4.78 is 5.18. The Balaban J connectivity index is 1.38. The van der Waals surface area contributed by atoms with Gasteiger partial charge in [-0.2, -0.15) is 10.1 Å². The number of pyridine rings is 2. The lowest BCUT2D eigenvalue weighted by Gasteiger charge is -2.03. The van der Waals surface area contributed by atoms with Crippen LogP contribution in [0.2, 0.25) is 0 Å². The van der Waals surface area contributed by atoms with Crippen molar-refractivity contribution < 1.29 is 9.32 Å². The molecule has 0 saturated heterocycles. The molecule has 26 heavy (non-hydrogen) atoms. The number of hydrogen-bond acceptors (Lipinski definition) is 7. The van der Waals surface area contributed by atoms with Crippen molar-refractivity contribution in [2.75, 3.05) is 5.32 Å². The second-order valence-electron chi connectivity index (χ2n) is 5.72. The molecule has 9 nitrogen and oxygen atoms in total. The van der Waals surface area contributed by atoms with Gasteiger partial charge in [-0.1, -0.05) is 11.2 Å². The number of carbonyl (C=O) groups excluding carboxylic acids is 1. The van der Waals surface area contributed by atoms with Gasteiger partial charge in [0.2, 0.25) is 17.6 Å². The molecule has 1 amide bonds. The zero-order valence-electron chi connectivity index (χ0n) is 13.9. The molecule has 0 bridgehead atoms. The van der Waals surface area contributed by atoms with Gasteiger partial charge in [-0.15, -0.1) is 0 Å². The van der Waals surface area contributed by atoms with Gasteiger partial charge >= 0.3 is 0 Å². The lowest BCUT2D eigenvalue weighted by molar-refractivity contribution is -0.116. The van der Waals surface area contributed by atoms with E-state index in [1.54, 1.807) is 18.5 Å². The quantitative estimate of drug-likeness (QED) is 0.566. The lowest BCUT2D eigenvalue weighted by Crippen LogP contribution is -2.12. The summed E-state index contributed by atoms with van der Waals surface area (Å²) in [6.45, 7) is 1.90. The summed E-state index contributed by atoms with van der Waals surface area (Å²) in [5.41, 5.74) is 2.76. The summed E-state index contributed by atoms with van der Waals surface area (Å²) >= 11 is 0. The largest absolute Gasteiger partial charge is 0.339 e. The van der Waals surface area contributed by atoms with Crippen LogP contribution < -0.4 is 5.32 Å². The van der Waals surface area contributed by atoms with E-state index in [0.717, 1.165) is 11.1 Å². The summed E-state index contributed by atoms with van der Waals surface area (Å²) in [7, 11) is 0. The summed E-state index contributed by atoms with van der Waals surface area (Å²) in [6.07, 6.45) is 3.79. The highest BCUT2D eigenvalue weighted by atomic mass is 16.5. The van der Waals surface area contributed by atoms with Gasteiger partial charge < -0.3 is 9.84 Å². The van der Waals surface area contributed by atoms with Gasteiger partial charge in [-0.05, 0) is 25.1 Å². The summed E-state index contributed by atoms with van der Waals surface area (Å²) in [6, 6.07) is 7.29. The number of aryl methyl sites for hydroxylation is 2. The molecular formula is C17H15N7O2. The van der Waals surface area contributed by atoms with Crippen LogP contribution in [0.5, 0.6) is 0 Å². The van der Waals surface area contributed by atoms with Crippen molar-refractivity contribution in [2.24, 2.45) is 0 Å². The summed E-state index contributed by atoms with van der Waals surface area (Å²) in [4.78, 5) is 24.8. The Labute approximate surface area is 147 Å². The Bertz CT molecular complexity index is 1060. The molecule has 0 aliphatic rings. The van der Waals surface area contributed by atoms with E-state index in [2.05, 4.69) is 35.6 Å². The van der Waals surface area contributed by atoms with Crippen LogP contribution in [0.4, 0.5) is 5.69 Å². The molecule has 4 aromatic heterocycles. The second kappa shape index (κ2) is 6.71. The maximum atomic E-state index is 12.2. The molecule has 0 spiro atoms. The number of carbonyl (C=O) groups is 1. The fourth-order valence-corrected chi connectivity index (χ4v) is 2.49. The Kier molecular flexibility index (Phi) is 4.10. The predicted octanol–water partition coefficient (Wildman–Crippen LogP) is 2.28. The molecule has 9 heteroatoms. The van der Waals surface area contributed by atoms with Crippen LogP contribution in [-0.2, 0) is 11.2 Å². The average Bonchev–Trinajstić information content (AvgIpc) is 3.28. The molecule has 0 unspecified atom stereocenters. The number of nitrogens with one attached hydrogen (secondary N) is 2. The second-order valence-corrected chi connectivity index (χ2v) is 5.72. The molecule has 0 saturated carbocycles. The van der Waals surface area contributed by atoms with Crippen molar-refractivity contribution in [1.82, 2.24) is 30.3 Å². The first-order valence-corrected chi connectivity index (χ1v) is 8.03. The molecule has 4 aromatic rings. The van der Waals surface area contributed by atoms with Crippen LogP contribution in [0.3, 0.4) is 0 Å². The molecule has 4 heterocycles. The van der Waals surface area contributed by atoms with Crippen LogP contribution in [0.1, 0.15) is 18.0 Å². The molecule has 0 aliphatic carbocycles. The first-order valence-electron chi connectivity index (χ1n) is 8.03. The predicted molar refractivity (Wildman–Crippen MR) is 93.1 cm³/mol. The zero-order valence-corrected chi connectivity index (χ0v) is 13.9. The van der Waals surface area contributed by atoms with Gasteiger partial charge in [-0.25, -0.2) is 4.98 Å². The number of fused-ring (bicyclic) bond motifs is 1. The van der Waals surface area contributed by atoms with E-state index >= 15 is 0 Å². The fourth-order valence-electron chi connectivity index (χ4n) is 2.49. The van der Waals surface area contributed by atoms with E-state index < -0.39 is 0 Å². The first-order chi connectivity index (χ1) is 12.7. The average molecular weight is 349 g/mol. The molecule has 0 atom stereocenters. The molecular weight excluding hydrogens is 334 g/mol. The zero-order chi connectivity index (χ0) is 17.9. The Morgan fingerprint density at radius 2 is 2.23 bits per heavy atom. The highest BCUT2D eigenvalue weighted by Crippen LogP contribution is 2.18. The van der Waals surface area contributed by atoms with Crippen molar-refractivity contribution in [3.8, 4) is 11.5 Å². The van der Waals surface area contributed by atoms with Crippen molar-refractivity contribution in [3.63, 3.8) is 0 Å². The van der Waals surface area contributed by atoms with Crippen LogP contribution in [0.25, 0.3) is 22.6 Å². The standard InChI is InChI=1S/C17H15N7O2/c1-10-12-8-11(9-19-16(12)23-22-10)20-14(25)5-6-15-21-17(24-26-15)13-4-2-3-7-18-13/h2-4,7-9H,5-6H2,1H3,(H,20,25)(H,19,22,23). The lowest BCUT2D eigenvalue weighted by atomic mass is 10.2. The van der Waals surface area contributed by atoms with E-state index in [1.165, 1.54) is 0 Å². The number of nitrogens with zero attached hydrogens (tertiary/aromatic N) is 5. The van der Waals surface area contributed by atoms with E-state index in [-0.39, 0.29) is 12.3 Å². The first kappa shape index (κ1) is 15.9. The number of hydrogen-bond donors (Lipinski definition) is 2. The minimum absolute atomic E-state index is 0.162. The Hall–Kier alpha value is -3.62. The third-order valence-electron chi connectivity index (χ3n) is 3.81. The molecule has 2 N–H and O–H groups in total. The normalized spacial score (nSPS) is 11.0. The van der Waals surface area contributed by atoms with Gasteiger partial charge in [0.05, 0.1) is 11.9 Å². The SMILES string of the molecule is Cc1[nH]nc2ncc(NC(=O)CCc3nc(-c4ccccn4)no3)cc12. The highest BCUT2D eigenvalue weighted by molar-refractivity contribution is 5.93. The van der Waals surface area contributed by atoms with Gasteiger partial charge in [0, 0.05) is 30.1 Å². The number of H-pyrrole nitrogens is 1. The summed E-state index contributed by atoms with van der Waals surface area (Å²) in [5.74, 6) is 0.635. The third-order valence-corrected chi connectivity index (χ3v) is 3.81. The van der Waals surface area contributed by atoms with Crippen LogP contribution in [0, 0.1) is 6.92 Å². The minimum Gasteiger partial charge on any atom is -0.339 e. The topological polar surface area (TPSA) is 122 Å². The maximum Gasteiger partial charge on any atom is 0.227 e. The van der Waals surface area contributed by atoms with Gasteiger partial charge in [0.25, 0.3) is 0 Å². The Morgan fingerprint density at radius 1 is 1.31 bits per heavy atom. The summed E-state index contributed by atoms with van der Waals surface area (Å²) in [5, 5.41) is 14.5. The van der Waals surface area contributed by atoms with Crippen molar-refractivity contribution in [1.29, 1.82) is 0 Å².